The molecule has 15 heavy (non-hydrogen) atoms. The van der Waals surface area contributed by atoms with E-state index in [1.165, 1.54) is 10.8 Å². The van der Waals surface area contributed by atoms with Crippen LogP contribution in [0.5, 0.6) is 11.5 Å². The molecule has 2 aromatic rings. The molecule has 0 bridgehead atoms. The molecule has 0 N–H and O–H groups in total. The Labute approximate surface area is 88.4 Å². The zero-order valence-electron chi connectivity index (χ0n) is 8.57. The first-order chi connectivity index (χ1) is 7.33. The van der Waals surface area contributed by atoms with Gasteiger partial charge in [-0.25, -0.2) is 0 Å². The molecule has 0 amide bonds. The Morgan fingerprint density at radius 3 is 2.47 bits per heavy atom. The van der Waals surface area contributed by atoms with Crippen molar-refractivity contribution in [2.24, 2.45) is 0 Å². The van der Waals surface area contributed by atoms with Crippen LogP contribution in [0.15, 0.2) is 36.4 Å². The van der Waals surface area contributed by atoms with E-state index >= 15 is 0 Å². The summed E-state index contributed by atoms with van der Waals surface area (Å²) in [6, 6.07) is 12.3. The fraction of sp³-hybridized carbons (Fsp3) is 0.231. The summed E-state index contributed by atoms with van der Waals surface area (Å²) in [5, 5.41) is 2.38. The van der Waals surface area contributed by atoms with Crippen LogP contribution < -0.4 is 9.47 Å². The maximum atomic E-state index is 5.71. The van der Waals surface area contributed by atoms with Crippen molar-refractivity contribution in [2.75, 3.05) is 6.61 Å². The average molecular weight is 200 g/mol. The van der Waals surface area contributed by atoms with Gasteiger partial charge in [-0.05, 0) is 29.8 Å². The highest BCUT2D eigenvalue weighted by atomic mass is 16.6. The van der Waals surface area contributed by atoms with E-state index in [4.69, 9.17) is 9.47 Å². The van der Waals surface area contributed by atoms with Crippen molar-refractivity contribution in [3.63, 3.8) is 0 Å². The lowest BCUT2D eigenvalue weighted by atomic mass is 10.1. The summed E-state index contributed by atoms with van der Waals surface area (Å²) >= 11 is 0. The quantitative estimate of drug-likeness (QED) is 0.650. The van der Waals surface area contributed by atoms with Crippen molar-refractivity contribution in [3.8, 4) is 11.5 Å². The molecule has 0 aromatic heterocycles. The second kappa shape index (κ2) is 3.16. The first-order valence-corrected chi connectivity index (χ1v) is 5.15. The van der Waals surface area contributed by atoms with Gasteiger partial charge in [-0.1, -0.05) is 24.3 Å². The van der Waals surface area contributed by atoms with E-state index in [9.17, 15) is 0 Å². The van der Waals surface area contributed by atoms with Crippen LogP contribution in [0.4, 0.5) is 0 Å². The van der Waals surface area contributed by atoms with E-state index in [1.54, 1.807) is 0 Å². The average Bonchev–Trinajstić information content (AvgIpc) is 2.26. The third kappa shape index (κ3) is 1.42. The van der Waals surface area contributed by atoms with Crippen molar-refractivity contribution in [3.05, 3.63) is 36.4 Å². The first kappa shape index (κ1) is 8.60. The van der Waals surface area contributed by atoms with Gasteiger partial charge in [0.2, 0.25) is 0 Å². The van der Waals surface area contributed by atoms with Crippen molar-refractivity contribution in [1.29, 1.82) is 0 Å². The number of benzene rings is 2. The molecule has 2 aromatic carbocycles. The van der Waals surface area contributed by atoms with Gasteiger partial charge in [0.1, 0.15) is 12.7 Å². The molecule has 0 aliphatic carbocycles. The maximum Gasteiger partial charge on any atom is 0.162 e. The number of fused-ring (bicyclic) bond motifs is 2. The van der Waals surface area contributed by atoms with Gasteiger partial charge in [0, 0.05) is 0 Å². The second-order valence-corrected chi connectivity index (χ2v) is 3.89. The van der Waals surface area contributed by atoms with Crippen molar-refractivity contribution in [1.82, 2.24) is 0 Å². The predicted molar refractivity (Wildman–Crippen MR) is 59.5 cm³/mol. The molecule has 1 aliphatic heterocycles. The van der Waals surface area contributed by atoms with Gasteiger partial charge in [-0.3, -0.25) is 0 Å². The summed E-state index contributed by atoms with van der Waals surface area (Å²) in [6.07, 6.45) is 0.138. The first-order valence-electron chi connectivity index (χ1n) is 5.15. The minimum Gasteiger partial charge on any atom is -0.486 e. The Hall–Kier alpha value is -1.70. The van der Waals surface area contributed by atoms with Gasteiger partial charge in [0.15, 0.2) is 11.5 Å². The highest BCUT2D eigenvalue weighted by Gasteiger charge is 2.17. The smallest absolute Gasteiger partial charge is 0.162 e. The number of hydrogen-bond donors (Lipinski definition) is 0. The van der Waals surface area contributed by atoms with Crippen molar-refractivity contribution in [2.45, 2.75) is 13.0 Å². The third-order valence-corrected chi connectivity index (χ3v) is 2.61. The molecule has 76 valence electrons. The topological polar surface area (TPSA) is 18.5 Å². The molecule has 1 aliphatic rings. The van der Waals surface area contributed by atoms with E-state index in [2.05, 4.69) is 12.1 Å². The molecule has 3 rings (SSSR count). The van der Waals surface area contributed by atoms with Crippen LogP contribution in [0.3, 0.4) is 0 Å². The highest BCUT2D eigenvalue weighted by Crippen LogP contribution is 2.35. The lowest BCUT2D eigenvalue weighted by Crippen LogP contribution is -2.25. The lowest BCUT2D eigenvalue weighted by molar-refractivity contribution is 0.104. The lowest BCUT2D eigenvalue weighted by Gasteiger charge is -2.24. The summed E-state index contributed by atoms with van der Waals surface area (Å²) in [5.74, 6) is 1.71. The normalized spacial score (nSPS) is 19.1. The standard InChI is InChI=1S/C13H12O2/c1-9-8-14-12-6-10-4-2-3-5-11(10)7-13(12)15-9/h2-7,9H,8H2,1H3. The summed E-state index contributed by atoms with van der Waals surface area (Å²) < 4.78 is 11.3. The molecule has 1 atom stereocenters. The van der Waals surface area contributed by atoms with Crippen LogP contribution >= 0.6 is 0 Å². The Bertz CT molecular complexity index is 505. The Morgan fingerprint density at radius 2 is 1.73 bits per heavy atom. The molecule has 0 radical (unpaired) electrons. The van der Waals surface area contributed by atoms with Crippen LogP contribution in [0.2, 0.25) is 0 Å². The molecule has 2 heteroatoms. The van der Waals surface area contributed by atoms with Crippen molar-refractivity contribution >= 4 is 10.8 Å². The van der Waals surface area contributed by atoms with E-state index in [0.717, 1.165) is 11.5 Å². The zero-order valence-corrected chi connectivity index (χ0v) is 8.57. The Morgan fingerprint density at radius 1 is 1.07 bits per heavy atom. The van der Waals surface area contributed by atoms with Crippen LogP contribution in [0, 0.1) is 0 Å². The summed E-state index contributed by atoms with van der Waals surface area (Å²) in [5.41, 5.74) is 0. The van der Waals surface area contributed by atoms with Crippen LogP contribution in [-0.4, -0.2) is 12.7 Å². The minimum absolute atomic E-state index is 0.138. The van der Waals surface area contributed by atoms with E-state index in [1.807, 2.05) is 31.2 Å². The third-order valence-electron chi connectivity index (χ3n) is 2.61. The zero-order chi connectivity index (χ0) is 10.3. The molecule has 0 saturated heterocycles. The monoisotopic (exact) mass is 200 g/mol. The van der Waals surface area contributed by atoms with E-state index in [-0.39, 0.29) is 6.10 Å². The van der Waals surface area contributed by atoms with Gasteiger partial charge in [-0.15, -0.1) is 0 Å². The van der Waals surface area contributed by atoms with Gasteiger partial charge in [-0.2, -0.15) is 0 Å². The van der Waals surface area contributed by atoms with Gasteiger partial charge in [0.25, 0.3) is 0 Å². The Kier molecular flexibility index (Phi) is 1.81. The van der Waals surface area contributed by atoms with Crippen LogP contribution in [-0.2, 0) is 0 Å². The molecule has 0 fully saturated rings. The number of hydrogen-bond acceptors (Lipinski definition) is 2. The number of ether oxygens (including phenoxy) is 2. The molecular weight excluding hydrogens is 188 g/mol. The molecule has 0 saturated carbocycles. The predicted octanol–water partition coefficient (Wildman–Crippen LogP) is 3.00. The van der Waals surface area contributed by atoms with Crippen LogP contribution in [0.25, 0.3) is 10.8 Å². The second-order valence-electron chi connectivity index (χ2n) is 3.89. The summed E-state index contributed by atoms with van der Waals surface area (Å²) in [4.78, 5) is 0. The SMILES string of the molecule is CC1COc2cc3ccccc3cc2O1. The van der Waals surface area contributed by atoms with E-state index in [0.29, 0.717) is 6.61 Å². The van der Waals surface area contributed by atoms with Crippen LogP contribution in [0.1, 0.15) is 6.92 Å². The van der Waals surface area contributed by atoms with E-state index < -0.39 is 0 Å². The number of rotatable bonds is 0. The van der Waals surface area contributed by atoms with Crippen molar-refractivity contribution < 1.29 is 9.47 Å². The summed E-state index contributed by atoms with van der Waals surface area (Å²) in [7, 11) is 0. The minimum atomic E-state index is 0.138. The molecule has 1 unspecified atom stereocenters. The molecule has 1 heterocycles. The Balaban J connectivity index is 2.20. The fourth-order valence-electron chi connectivity index (χ4n) is 1.86. The highest BCUT2D eigenvalue weighted by molar-refractivity contribution is 5.86. The molecular formula is C13H12O2. The van der Waals surface area contributed by atoms with Gasteiger partial charge < -0.3 is 9.47 Å². The largest absolute Gasteiger partial charge is 0.486 e. The maximum absolute atomic E-state index is 5.71. The molecule has 0 spiro atoms. The fourth-order valence-corrected chi connectivity index (χ4v) is 1.86. The van der Waals surface area contributed by atoms with Gasteiger partial charge in [0.05, 0.1) is 0 Å². The molecule has 2 nitrogen and oxygen atoms in total. The van der Waals surface area contributed by atoms with Gasteiger partial charge >= 0.3 is 0 Å². The summed E-state index contributed by atoms with van der Waals surface area (Å²) in [6.45, 7) is 2.64.